The predicted octanol–water partition coefficient (Wildman–Crippen LogP) is 1.86. The van der Waals surface area contributed by atoms with Crippen LogP contribution in [0.3, 0.4) is 0 Å². The summed E-state index contributed by atoms with van der Waals surface area (Å²) >= 11 is 0. The maximum absolute atomic E-state index is 9.68. The van der Waals surface area contributed by atoms with Crippen molar-refractivity contribution in [1.29, 1.82) is 0 Å². The van der Waals surface area contributed by atoms with Crippen molar-refractivity contribution in [3.8, 4) is 0 Å². The summed E-state index contributed by atoms with van der Waals surface area (Å²) in [6.45, 7) is 4.87. The third-order valence-corrected chi connectivity index (χ3v) is 4.39. The molecule has 2 fully saturated rings. The number of rotatable bonds is 9. The lowest BCUT2D eigenvalue weighted by atomic mass is 9.91. The van der Waals surface area contributed by atoms with Gasteiger partial charge in [-0.05, 0) is 44.9 Å². The largest absolute Gasteiger partial charge is 0.394 e. The quantitative estimate of drug-likeness (QED) is 0.628. The lowest BCUT2D eigenvalue weighted by molar-refractivity contribution is -0.0346. The summed E-state index contributed by atoms with van der Waals surface area (Å²) in [5.41, 5.74) is -0.0831. The van der Waals surface area contributed by atoms with Crippen LogP contribution in [-0.4, -0.2) is 49.2 Å². The highest BCUT2D eigenvalue weighted by Crippen LogP contribution is 2.27. The molecule has 0 radical (unpaired) electrons. The van der Waals surface area contributed by atoms with Gasteiger partial charge in [-0.1, -0.05) is 6.92 Å². The first kappa shape index (κ1) is 15.2. The fourth-order valence-corrected chi connectivity index (χ4v) is 2.75. The Morgan fingerprint density at radius 3 is 2.58 bits per heavy atom. The monoisotopic (exact) mass is 271 g/mol. The maximum Gasteiger partial charge on any atom is 0.0619 e. The van der Waals surface area contributed by atoms with E-state index >= 15 is 0 Å². The van der Waals surface area contributed by atoms with E-state index in [1.165, 1.54) is 12.8 Å². The van der Waals surface area contributed by atoms with Gasteiger partial charge in [-0.2, -0.15) is 0 Å². The Kier molecular flexibility index (Phi) is 6.07. The minimum atomic E-state index is -0.0831. The molecule has 1 unspecified atom stereocenters. The summed E-state index contributed by atoms with van der Waals surface area (Å²) in [4.78, 5) is 0. The number of aliphatic hydroxyl groups is 1. The van der Waals surface area contributed by atoms with Crippen molar-refractivity contribution >= 4 is 0 Å². The molecule has 112 valence electrons. The van der Waals surface area contributed by atoms with Gasteiger partial charge in [-0.15, -0.1) is 0 Å². The number of hydrogen-bond donors (Lipinski definition) is 2. The van der Waals surface area contributed by atoms with E-state index in [1.54, 1.807) is 0 Å². The molecule has 0 aromatic heterocycles. The van der Waals surface area contributed by atoms with Crippen LogP contribution in [0, 0.1) is 0 Å². The Balaban J connectivity index is 1.63. The molecule has 19 heavy (non-hydrogen) atoms. The Labute approximate surface area is 116 Å². The molecule has 0 bridgehead atoms. The summed E-state index contributed by atoms with van der Waals surface area (Å²) in [5.74, 6) is 0. The summed E-state index contributed by atoms with van der Waals surface area (Å²) in [7, 11) is 0. The number of aliphatic hydroxyl groups excluding tert-OH is 1. The Morgan fingerprint density at radius 1 is 1.26 bits per heavy atom. The van der Waals surface area contributed by atoms with Crippen molar-refractivity contribution in [2.24, 2.45) is 0 Å². The van der Waals surface area contributed by atoms with Gasteiger partial charge in [-0.3, -0.25) is 0 Å². The molecule has 2 N–H and O–H groups in total. The second-order valence-electron chi connectivity index (χ2n) is 6.00. The molecule has 0 aromatic carbocycles. The van der Waals surface area contributed by atoms with Gasteiger partial charge in [0.1, 0.15) is 0 Å². The molecular weight excluding hydrogens is 242 g/mol. The molecule has 2 aliphatic rings. The van der Waals surface area contributed by atoms with E-state index in [-0.39, 0.29) is 12.1 Å². The lowest BCUT2D eigenvalue weighted by Gasteiger charge is -2.33. The molecule has 1 atom stereocenters. The highest BCUT2D eigenvalue weighted by molar-refractivity contribution is 4.94. The Morgan fingerprint density at radius 2 is 2.00 bits per heavy atom. The first-order valence-corrected chi connectivity index (χ1v) is 7.86. The SMILES string of the molecule is CCC(CO)(CCCOC1CCOCC1)NC1CC1. The Bertz CT molecular complexity index is 246. The van der Waals surface area contributed by atoms with Gasteiger partial charge in [0.25, 0.3) is 0 Å². The maximum atomic E-state index is 9.68. The zero-order chi connectivity index (χ0) is 13.6. The average molecular weight is 271 g/mol. The van der Waals surface area contributed by atoms with Crippen LogP contribution >= 0.6 is 0 Å². The second-order valence-corrected chi connectivity index (χ2v) is 6.00. The van der Waals surface area contributed by atoms with Crippen LogP contribution in [0.25, 0.3) is 0 Å². The van der Waals surface area contributed by atoms with E-state index in [0.717, 1.165) is 51.9 Å². The number of hydrogen-bond acceptors (Lipinski definition) is 4. The molecule has 0 aromatic rings. The van der Waals surface area contributed by atoms with Crippen molar-refractivity contribution in [1.82, 2.24) is 5.32 Å². The third kappa shape index (κ3) is 5.03. The van der Waals surface area contributed by atoms with Crippen LogP contribution in [0.5, 0.6) is 0 Å². The molecule has 1 aliphatic heterocycles. The van der Waals surface area contributed by atoms with Crippen LogP contribution in [0.15, 0.2) is 0 Å². The fraction of sp³-hybridized carbons (Fsp3) is 1.00. The van der Waals surface area contributed by atoms with E-state index in [2.05, 4.69) is 12.2 Å². The van der Waals surface area contributed by atoms with Gasteiger partial charge in [0, 0.05) is 31.4 Å². The third-order valence-electron chi connectivity index (χ3n) is 4.39. The van der Waals surface area contributed by atoms with Crippen LogP contribution < -0.4 is 5.32 Å². The van der Waals surface area contributed by atoms with Crippen molar-refractivity contribution in [3.05, 3.63) is 0 Å². The first-order chi connectivity index (χ1) is 9.28. The van der Waals surface area contributed by atoms with Crippen LogP contribution in [0.2, 0.25) is 0 Å². The highest BCUT2D eigenvalue weighted by atomic mass is 16.5. The summed E-state index contributed by atoms with van der Waals surface area (Å²) in [5, 5.41) is 13.3. The van der Waals surface area contributed by atoms with Gasteiger partial charge in [0.05, 0.1) is 12.7 Å². The normalized spacial score (nSPS) is 24.3. The molecule has 1 heterocycles. The van der Waals surface area contributed by atoms with E-state index in [4.69, 9.17) is 9.47 Å². The van der Waals surface area contributed by atoms with Crippen LogP contribution in [0.1, 0.15) is 51.9 Å². The zero-order valence-electron chi connectivity index (χ0n) is 12.2. The van der Waals surface area contributed by atoms with Crippen LogP contribution in [-0.2, 0) is 9.47 Å². The highest BCUT2D eigenvalue weighted by Gasteiger charge is 2.33. The molecule has 4 heteroatoms. The fourth-order valence-electron chi connectivity index (χ4n) is 2.75. The summed E-state index contributed by atoms with van der Waals surface area (Å²) in [6, 6.07) is 0.642. The van der Waals surface area contributed by atoms with Crippen molar-refractivity contribution < 1.29 is 14.6 Å². The van der Waals surface area contributed by atoms with Gasteiger partial charge in [0.2, 0.25) is 0 Å². The summed E-state index contributed by atoms with van der Waals surface area (Å²) < 4.78 is 11.2. The van der Waals surface area contributed by atoms with E-state index in [9.17, 15) is 5.11 Å². The molecule has 2 rings (SSSR count). The number of ether oxygens (including phenoxy) is 2. The van der Waals surface area contributed by atoms with Gasteiger partial charge < -0.3 is 19.9 Å². The molecule has 0 amide bonds. The second kappa shape index (κ2) is 7.58. The molecule has 0 spiro atoms. The molecule has 4 nitrogen and oxygen atoms in total. The van der Waals surface area contributed by atoms with E-state index in [0.29, 0.717) is 12.1 Å². The Hall–Kier alpha value is -0.160. The van der Waals surface area contributed by atoms with Gasteiger partial charge >= 0.3 is 0 Å². The zero-order valence-corrected chi connectivity index (χ0v) is 12.2. The topological polar surface area (TPSA) is 50.7 Å². The van der Waals surface area contributed by atoms with Crippen molar-refractivity contribution in [2.45, 2.75) is 69.6 Å². The molecule has 1 saturated carbocycles. The standard InChI is InChI=1S/C15H29NO3/c1-2-15(12-17,16-13-4-5-13)8-3-9-19-14-6-10-18-11-7-14/h13-14,16-17H,2-12H2,1H3. The minimum Gasteiger partial charge on any atom is -0.394 e. The van der Waals surface area contributed by atoms with Gasteiger partial charge in [0.15, 0.2) is 0 Å². The molecule has 1 aliphatic carbocycles. The van der Waals surface area contributed by atoms with Crippen LogP contribution in [0.4, 0.5) is 0 Å². The molecular formula is C15H29NO3. The average Bonchev–Trinajstić information content (AvgIpc) is 3.27. The lowest BCUT2D eigenvalue weighted by Crippen LogP contribution is -2.49. The minimum absolute atomic E-state index is 0.0831. The van der Waals surface area contributed by atoms with Gasteiger partial charge in [-0.25, -0.2) is 0 Å². The number of nitrogens with one attached hydrogen (secondary N) is 1. The predicted molar refractivity (Wildman–Crippen MR) is 75.3 cm³/mol. The van der Waals surface area contributed by atoms with E-state index < -0.39 is 0 Å². The molecule has 1 saturated heterocycles. The smallest absolute Gasteiger partial charge is 0.0619 e. The van der Waals surface area contributed by atoms with Crippen molar-refractivity contribution in [3.63, 3.8) is 0 Å². The summed E-state index contributed by atoms with van der Waals surface area (Å²) in [6.07, 6.45) is 7.97. The van der Waals surface area contributed by atoms with Crippen molar-refractivity contribution in [2.75, 3.05) is 26.4 Å². The first-order valence-electron chi connectivity index (χ1n) is 7.86. The van der Waals surface area contributed by atoms with E-state index in [1.807, 2.05) is 0 Å².